The summed E-state index contributed by atoms with van der Waals surface area (Å²) < 4.78 is 0. The van der Waals surface area contributed by atoms with Gasteiger partial charge >= 0.3 is 41.9 Å². The molecule has 8 aromatic rings. The molecule has 0 unspecified atom stereocenters. The van der Waals surface area contributed by atoms with Gasteiger partial charge in [-0.05, 0) is 57.3 Å². The monoisotopic (exact) mass is 864 g/mol. The zero-order valence-electron chi connectivity index (χ0n) is 32.8. The SMILES string of the molecule is C[Si](C)=[Zr+2].[Cl-].[Cl-].c1ccc2c(-c3cccc4[cH-]c(CC5CCCC5)cc34)cccc2c1.c1ccc2c(-c3cccc4[cH-]c(CC5CCCC5)cc34)cccc2c1. The van der Waals surface area contributed by atoms with Gasteiger partial charge in [-0.1, -0.05) is 160 Å². The third kappa shape index (κ3) is 9.88. The summed E-state index contributed by atoms with van der Waals surface area (Å²) in [5.74, 6) is 1.80. The van der Waals surface area contributed by atoms with Crippen molar-refractivity contribution in [1.82, 2.24) is 0 Å². The first-order valence-electron chi connectivity index (χ1n) is 20.3. The largest absolute Gasteiger partial charge is 1.00 e. The quantitative estimate of drug-likeness (QED) is 0.116. The molecule has 2 fully saturated rings. The molecule has 0 aliphatic heterocycles. The van der Waals surface area contributed by atoms with Crippen LogP contribution in [0.15, 0.2) is 146 Å². The van der Waals surface area contributed by atoms with Crippen LogP contribution in [0.2, 0.25) is 13.1 Å². The molecule has 0 bridgehead atoms. The summed E-state index contributed by atoms with van der Waals surface area (Å²) in [5.41, 5.74) is 8.69. The van der Waals surface area contributed by atoms with Gasteiger partial charge < -0.3 is 24.8 Å². The van der Waals surface area contributed by atoms with Gasteiger partial charge in [-0.25, -0.2) is 0 Å². The minimum absolute atomic E-state index is 0. The summed E-state index contributed by atoms with van der Waals surface area (Å²) >= 11 is 1.74. The molecule has 0 spiro atoms. The van der Waals surface area contributed by atoms with Gasteiger partial charge in [0, 0.05) is 0 Å². The molecule has 56 heavy (non-hydrogen) atoms. The second-order valence-electron chi connectivity index (χ2n) is 16.1. The van der Waals surface area contributed by atoms with Crippen molar-refractivity contribution in [3.8, 4) is 22.3 Å². The molecule has 0 radical (unpaired) electrons. The third-order valence-corrected chi connectivity index (χ3v) is 11.8. The van der Waals surface area contributed by atoms with E-state index < -0.39 is 0 Å². The predicted octanol–water partition coefficient (Wildman–Crippen LogP) is 9.02. The van der Waals surface area contributed by atoms with Gasteiger partial charge in [-0.15, -0.1) is 69.1 Å². The van der Waals surface area contributed by atoms with Crippen LogP contribution < -0.4 is 24.8 Å². The Labute approximate surface area is 362 Å². The summed E-state index contributed by atoms with van der Waals surface area (Å²) in [4.78, 5) is 0. The maximum atomic E-state index is 2.45. The van der Waals surface area contributed by atoms with Gasteiger partial charge in [-0.2, -0.15) is 12.1 Å². The summed E-state index contributed by atoms with van der Waals surface area (Å²) in [5, 5.41) is 10.9. The minimum Gasteiger partial charge on any atom is -1.00 e. The second kappa shape index (κ2) is 19.9. The van der Waals surface area contributed by atoms with Crippen molar-refractivity contribution in [2.45, 2.75) is 77.3 Å². The number of rotatable bonds is 6. The number of hydrogen-bond donors (Lipinski definition) is 0. The molecule has 4 heteroatoms. The van der Waals surface area contributed by atoms with Gasteiger partial charge in [0.25, 0.3) is 0 Å². The maximum Gasteiger partial charge on any atom is -0.0114 e. The molecule has 0 amide bonds. The topological polar surface area (TPSA) is 0 Å². The average molecular weight is 867 g/mol. The summed E-state index contributed by atoms with van der Waals surface area (Å²) in [6.45, 7) is 4.62. The first-order chi connectivity index (χ1) is 26.5. The Bertz CT molecular complexity index is 2340. The molecule has 0 aromatic heterocycles. The van der Waals surface area contributed by atoms with Crippen molar-refractivity contribution >= 4 is 48.5 Å². The molecule has 0 heterocycles. The van der Waals surface area contributed by atoms with Crippen LogP contribution in [0, 0.1) is 11.8 Å². The van der Waals surface area contributed by atoms with Crippen molar-refractivity contribution < 1.29 is 48.1 Å². The zero-order chi connectivity index (χ0) is 36.9. The van der Waals surface area contributed by atoms with Crippen LogP contribution in [0.4, 0.5) is 0 Å². The Morgan fingerprint density at radius 2 is 0.786 bits per heavy atom. The smallest absolute Gasteiger partial charge is 0.0114 e. The van der Waals surface area contributed by atoms with Crippen LogP contribution in [-0.4, -0.2) is 5.43 Å². The fraction of sp³-hybridized carbons (Fsp3) is 0.269. The van der Waals surface area contributed by atoms with Crippen LogP contribution in [0.5, 0.6) is 0 Å². The normalized spacial score (nSPS) is 14.2. The van der Waals surface area contributed by atoms with Crippen LogP contribution in [-0.2, 0) is 36.2 Å². The first-order valence-corrected chi connectivity index (χ1v) is 26.5. The van der Waals surface area contributed by atoms with E-state index in [9.17, 15) is 0 Å². The standard InChI is InChI=1S/2C25H23.C2H6Si.2ClH.Zr/c2*1-2-8-18(7-1)15-19-16-21-11-6-14-24(25(21)17-19)23-13-5-10-20-9-3-4-12-22(20)23;1-3-2;;;/h2*3-6,9-14,16-18H,1-2,7-8,15H2;1-2H3;2*1H;/q2*-1;;;;+2/p-2. The van der Waals surface area contributed by atoms with Crippen molar-refractivity contribution in [2.24, 2.45) is 11.8 Å². The number of benzene rings is 6. The Balaban J connectivity index is 0.000000168. The van der Waals surface area contributed by atoms with Gasteiger partial charge in [0.05, 0.1) is 0 Å². The maximum absolute atomic E-state index is 2.45. The molecule has 2 aliphatic rings. The minimum atomic E-state index is 0. The summed E-state index contributed by atoms with van der Waals surface area (Å²) in [7, 11) is 0. The number of hydrogen-bond acceptors (Lipinski definition) is 0. The van der Waals surface area contributed by atoms with E-state index in [2.05, 4.69) is 159 Å². The van der Waals surface area contributed by atoms with E-state index in [-0.39, 0.29) is 30.2 Å². The Hall–Kier alpha value is -3.26. The average Bonchev–Trinajstić information content (AvgIpc) is 4.03. The summed E-state index contributed by atoms with van der Waals surface area (Å²) in [6, 6.07) is 54.0. The molecular formula is C52H52Cl2SiZr-2. The van der Waals surface area contributed by atoms with E-state index in [1.165, 1.54) is 141 Å². The zero-order valence-corrected chi connectivity index (χ0v) is 37.8. The Kier molecular flexibility index (Phi) is 15.1. The predicted molar refractivity (Wildman–Crippen MR) is 234 cm³/mol. The molecule has 0 saturated heterocycles. The van der Waals surface area contributed by atoms with E-state index in [4.69, 9.17) is 0 Å². The van der Waals surface area contributed by atoms with E-state index in [1.807, 2.05) is 0 Å². The van der Waals surface area contributed by atoms with Crippen LogP contribution >= 0.6 is 0 Å². The molecule has 0 N–H and O–H groups in total. The third-order valence-electron chi connectivity index (χ3n) is 11.8. The fourth-order valence-electron chi connectivity index (χ4n) is 9.32. The van der Waals surface area contributed by atoms with Crippen molar-refractivity contribution in [1.29, 1.82) is 0 Å². The molecule has 2 saturated carbocycles. The van der Waals surface area contributed by atoms with E-state index >= 15 is 0 Å². The second-order valence-corrected chi connectivity index (χ2v) is 25.5. The summed E-state index contributed by atoms with van der Waals surface area (Å²) in [6.07, 6.45) is 13.9. The van der Waals surface area contributed by atoms with Crippen LogP contribution in [0.3, 0.4) is 0 Å². The number of halogens is 2. The van der Waals surface area contributed by atoms with E-state index in [0.29, 0.717) is 0 Å². The molecule has 0 atom stereocenters. The van der Waals surface area contributed by atoms with Crippen LogP contribution in [0.25, 0.3) is 65.3 Å². The van der Waals surface area contributed by atoms with E-state index in [0.717, 1.165) is 11.8 Å². The Morgan fingerprint density at radius 1 is 0.464 bits per heavy atom. The van der Waals surface area contributed by atoms with Crippen LogP contribution in [0.1, 0.15) is 62.5 Å². The molecule has 284 valence electrons. The van der Waals surface area contributed by atoms with Gasteiger partial charge in [0.2, 0.25) is 0 Å². The van der Waals surface area contributed by atoms with Crippen molar-refractivity contribution in [3.05, 3.63) is 157 Å². The fourth-order valence-corrected chi connectivity index (χ4v) is 9.32. The van der Waals surface area contributed by atoms with Crippen molar-refractivity contribution in [2.75, 3.05) is 0 Å². The molecule has 10 rings (SSSR count). The molecule has 8 aromatic carbocycles. The number of fused-ring (bicyclic) bond motifs is 4. The van der Waals surface area contributed by atoms with E-state index in [1.54, 1.807) is 23.3 Å². The van der Waals surface area contributed by atoms with Gasteiger partial charge in [0.15, 0.2) is 0 Å². The van der Waals surface area contributed by atoms with Crippen molar-refractivity contribution in [3.63, 3.8) is 0 Å². The Morgan fingerprint density at radius 3 is 1.18 bits per heavy atom. The van der Waals surface area contributed by atoms with Gasteiger partial charge in [0.1, 0.15) is 0 Å². The van der Waals surface area contributed by atoms with Gasteiger partial charge in [-0.3, -0.25) is 0 Å². The molecular weight excluding hydrogens is 815 g/mol. The first kappa shape index (κ1) is 42.3. The molecule has 0 nitrogen and oxygen atoms in total. The molecule has 2 aliphatic carbocycles.